The molecule has 100 valence electrons. The van der Waals surface area contributed by atoms with Gasteiger partial charge in [0.05, 0.1) is 5.52 Å². The predicted octanol–water partition coefficient (Wildman–Crippen LogP) is 3.73. The normalized spacial score (nSPS) is 23.6. The first kappa shape index (κ1) is 12.6. The summed E-state index contributed by atoms with van der Waals surface area (Å²) in [5, 5.41) is 4.63. The van der Waals surface area contributed by atoms with Gasteiger partial charge in [0.1, 0.15) is 0 Å². The second kappa shape index (κ2) is 5.70. The van der Waals surface area contributed by atoms with Gasteiger partial charge in [0.15, 0.2) is 0 Å². The van der Waals surface area contributed by atoms with Crippen molar-refractivity contribution >= 4 is 10.9 Å². The highest BCUT2D eigenvalue weighted by Crippen LogP contribution is 2.37. The van der Waals surface area contributed by atoms with Gasteiger partial charge in [0.25, 0.3) is 0 Å². The standard InChI is InChI=1S/C17H22N2/c1-18-11-14-7-2-4-8-16(14)15-10-13-6-3-5-9-17(13)19-12-15/h3,5-6,9-10,12,14,16,18H,2,4,7-8,11H2,1H3. The Balaban J connectivity index is 1.92. The fourth-order valence-electron chi connectivity index (χ4n) is 3.44. The van der Waals surface area contributed by atoms with Gasteiger partial charge < -0.3 is 5.32 Å². The van der Waals surface area contributed by atoms with Crippen molar-refractivity contribution in [2.75, 3.05) is 13.6 Å². The van der Waals surface area contributed by atoms with Gasteiger partial charge in [-0.05, 0) is 56.0 Å². The minimum Gasteiger partial charge on any atom is -0.319 e. The molecule has 1 aromatic carbocycles. The number of hydrogen-bond acceptors (Lipinski definition) is 2. The average Bonchev–Trinajstić information content (AvgIpc) is 2.48. The van der Waals surface area contributed by atoms with Crippen LogP contribution in [0, 0.1) is 5.92 Å². The number of pyridine rings is 1. The highest BCUT2D eigenvalue weighted by molar-refractivity contribution is 5.78. The molecule has 3 rings (SSSR count). The lowest BCUT2D eigenvalue weighted by molar-refractivity contribution is 0.301. The number of para-hydroxylation sites is 1. The molecule has 1 aliphatic carbocycles. The van der Waals surface area contributed by atoms with E-state index in [4.69, 9.17) is 0 Å². The van der Waals surface area contributed by atoms with Crippen LogP contribution in [0.2, 0.25) is 0 Å². The van der Waals surface area contributed by atoms with Gasteiger partial charge in [-0.2, -0.15) is 0 Å². The molecule has 2 aromatic rings. The Morgan fingerprint density at radius 3 is 2.95 bits per heavy atom. The summed E-state index contributed by atoms with van der Waals surface area (Å²) < 4.78 is 0. The molecule has 1 N–H and O–H groups in total. The highest BCUT2D eigenvalue weighted by Gasteiger charge is 2.26. The Kier molecular flexibility index (Phi) is 3.79. The molecule has 1 aromatic heterocycles. The summed E-state index contributed by atoms with van der Waals surface area (Å²) in [5.41, 5.74) is 2.53. The summed E-state index contributed by atoms with van der Waals surface area (Å²) in [6.45, 7) is 1.12. The molecular formula is C17H22N2. The smallest absolute Gasteiger partial charge is 0.0702 e. The van der Waals surface area contributed by atoms with Gasteiger partial charge >= 0.3 is 0 Å². The number of nitrogens with one attached hydrogen (secondary N) is 1. The molecule has 1 fully saturated rings. The summed E-state index contributed by atoms with van der Waals surface area (Å²) >= 11 is 0. The first-order chi connectivity index (χ1) is 9.38. The molecule has 2 unspecified atom stereocenters. The lowest BCUT2D eigenvalue weighted by atomic mass is 9.75. The van der Waals surface area contributed by atoms with Crippen LogP contribution >= 0.6 is 0 Å². The van der Waals surface area contributed by atoms with Crippen molar-refractivity contribution in [3.63, 3.8) is 0 Å². The zero-order valence-electron chi connectivity index (χ0n) is 11.6. The van der Waals surface area contributed by atoms with Crippen molar-refractivity contribution < 1.29 is 0 Å². The molecule has 0 saturated heterocycles. The lowest BCUT2D eigenvalue weighted by Crippen LogP contribution is -2.27. The van der Waals surface area contributed by atoms with E-state index in [9.17, 15) is 0 Å². The zero-order valence-corrected chi connectivity index (χ0v) is 11.6. The maximum atomic E-state index is 4.63. The van der Waals surface area contributed by atoms with Crippen LogP contribution < -0.4 is 5.32 Å². The minimum atomic E-state index is 0.679. The Hall–Kier alpha value is -1.41. The van der Waals surface area contributed by atoms with Crippen molar-refractivity contribution in [1.29, 1.82) is 0 Å². The van der Waals surface area contributed by atoms with Gasteiger partial charge in [-0.1, -0.05) is 31.0 Å². The van der Waals surface area contributed by atoms with Gasteiger partial charge in [-0.15, -0.1) is 0 Å². The van der Waals surface area contributed by atoms with E-state index in [2.05, 4.69) is 53.9 Å². The molecule has 2 nitrogen and oxygen atoms in total. The van der Waals surface area contributed by atoms with Gasteiger partial charge in [0, 0.05) is 11.6 Å². The summed E-state index contributed by atoms with van der Waals surface area (Å²) in [7, 11) is 2.06. The molecular weight excluding hydrogens is 232 g/mol. The van der Waals surface area contributed by atoms with Crippen molar-refractivity contribution in [3.05, 3.63) is 42.1 Å². The van der Waals surface area contributed by atoms with Gasteiger partial charge in [-0.3, -0.25) is 4.98 Å². The fourth-order valence-corrected chi connectivity index (χ4v) is 3.44. The largest absolute Gasteiger partial charge is 0.319 e. The monoisotopic (exact) mass is 254 g/mol. The first-order valence-corrected chi connectivity index (χ1v) is 7.38. The third-order valence-corrected chi connectivity index (χ3v) is 4.42. The fraction of sp³-hybridized carbons (Fsp3) is 0.471. The number of hydrogen-bond donors (Lipinski definition) is 1. The number of rotatable bonds is 3. The van der Waals surface area contributed by atoms with Crippen LogP contribution in [0.5, 0.6) is 0 Å². The van der Waals surface area contributed by atoms with Crippen LogP contribution in [0.3, 0.4) is 0 Å². The van der Waals surface area contributed by atoms with Gasteiger partial charge in [0.2, 0.25) is 0 Å². The van der Waals surface area contributed by atoms with E-state index in [1.807, 2.05) is 0 Å². The number of benzene rings is 1. The maximum absolute atomic E-state index is 4.63. The summed E-state index contributed by atoms with van der Waals surface area (Å²) in [6.07, 6.45) is 7.49. The van der Waals surface area contributed by atoms with Crippen LogP contribution in [-0.2, 0) is 0 Å². The number of nitrogens with zero attached hydrogens (tertiary/aromatic N) is 1. The molecule has 0 aliphatic heterocycles. The minimum absolute atomic E-state index is 0.679. The second-order valence-electron chi connectivity index (χ2n) is 5.67. The zero-order chi connectivity index (χ0) is 13.1. The third-order valence-electron chi connectivity index (χ3n) is 4.42. The SMILES string of the molecule is CNCC1CCCCC1c1cnc2ccccc2c1. The van der Waals surface area contributed by atoms with Gasteiger partial charge in [-0.25, -0.2) is 0 Å². The summed E-state index contributed by atoms with van der Waals surface area (Å²) in [5.74, 6) is 1.44. The predicted molar refractivity (Wildman–Crippen MR) is 80.4 cm³/mol. The summed E-state index contributed by atoms with van der Waals surface area (Å²) in [6, 6.07) is 10.8. The molecule has 1 saturated carbocycles. The Labute approximate surface area is 115 Å². The molecule has 0 spiro atoms. The van der Waals surface area contributed by atoms with E-state index >= 15 is 0 Å². The van der Waals surface area contributed by atoms with Crippen molar-refractivity contribution in [2.45, 2.75) is 31.6 Å². The van der Waals surface area contributed by atoms with Crippen molar-refractivity contribution in [3.8, 4) is 0 Å². The lowest BCUT2D eigenvalue weighted by Gasteiger charge is -2.31. The maximum Gasteiger partial charge on any atom is 0.0702 e. The Morgan fingerprint density at radius 2 is 2.05 bits per heavy atom. The molecule has 2 heteroatoms. The van der Waals surface area contributed by atoms with Crippen LogP contribution in [0.15, 0.2) is 36.5 Å². The Bertz CT molecular complexity index is 548. The third kappa shape index (κ3) is 2.64. The molecule has 0 amide bonds. The Morgan fingerprint density at radius 1 is 1.21 bits per heavy atom. The van der Waals surface area contributed by atoms with Crippen LogP contribution in [0.4, 0.5) is 0 Å². The first-order valence-electron chi connectivity index (χ1n) is 7.38. The molecule has 1 aliphatic rings. The number of aromatic nitrogens is 1. The number of fused-ring (bicyclic) bond motifs is 1. The molecule has 2 atom stereocenters. The van der Waals surface area contributed by atoms with E-state index < -0.39 is 0 Å². The molecule has 0 bridgehead atoms. The van der Waals surface area contributed by atoms with E-state index in [0.29, 0.717) is 5.92 Å². The van der Waals surface area contributed by atoms with E-state index in [0.717, 1.165) is 18.0 Å². The summed E-state index contributed by atoms with van der Waals surface area (Å²) in [4.78, 5) is 4.63. The van der Waals surface area contributed by atoms with Crippen LogP contribution in [0.25, 0.3) is 10.9 Å². The molecule has 0 radical (unpaired) electrons. The van der Waals surface area contributed by atoms with Crippen LogP contribution in [0.1, 0.15) is 37.2 Å². The highest BCUT2D eigenvalue weighted by atomic mass is 14.8. The van der Waals surface area contributed by atoms with E-state index in [-0.39, 0.29) is 0 Å². The quantitative estimate of drug-likeness (QED) is 0.902. The van der Waals surface area contributed by atoms with E-state index in [1.54, 1.807) is 0 Å². The second-order valence-corrected chi connectivity index (χ2v) is 5.67. The van der Waals surface area contributed by atoms with Crippen LogP contribution in [-0.4, -0.2) is 18.6 Å². The average molecular weight is 254 g/mol. The van der Waals surface area contributed by atoms with Crippen molar-refractivity contribution in [2.24, 2.45) is 5.92 Å². The molecule has 1 heterocycles. The topological polar surface area (TPSA) is 24.9 Å². The molecule has 19 heavy (non-hydrogen) atoms. The van der Waals surface area contributed by atoms with E-state index in [1.165, 1.54) is 36.6 Å². The van der Waals surface area contributed by atoms with Crippen molar-refractivity contribution in [1.82, 2.24) is 10.3 Å².